The van der Waals surface area contributed by atoms with Crippen LogP contribution in [0.2, 0.25) is 5.02 Å². The van der Waals surface area contributed by atoms with Gasteiger partial charge in [-0.3, -0.25) is 16.0 Å². The second-order valence-electron chi connectivity index (χ2n) is 4.21. The minimum absolute atomic E-state index is 0.249. The van der Waals surface area contributed by atoms with Crippen molar-refractivity contribution in [1.29, 1.82) is 0 Å². The monoisotopic (exact) mass is 282 g/mol. The molecule has 0 aliphatic rings. The van der Waals surface area contributed by atoms with Gasteiger partial charge in [0.15, 0.2) is 0 Å². The maximum Gasteiger partial charge on any atom is 0.126 e. The quantitative estimate of drug-likeness (QED) is 0.654. The average Bonchev–Trinajstić information content (AvgIpc) is 2.79. The van der Waals surface area contributed by atoms with E-state index in [2.05, 4.69) is 10.5 Å². The summed E-state index contributed by atoms with van der Waals surface area (Å²) < 4.78 is 15.4. The van der Waals surface area contributed by atoms with E-state index in [9.17, 15) is 4.39 Å². The lowest BCUT2D eigenvalue weighted by Gasteiger charge is -2.18. The predicted octanol–water partition coefficient (Wildman–Crippen LogP) is 2.44. The number of nitrogens with zero attached hydrogens (tertiary/aromatic N) is 2. The molecule has 0 aliphatic carbocycles. The molecule has 2 rings (SSSR count). The van der Waals surface area contributed by atoms with E-state index in [0.29, 0.717) is 23.6 Å². The zero-order valence-corrected chi connectivity index (χ0v) is 11.4. The third-order valence-electron chi connectivity index (χ3n) is 3.05. The highest BCUT2D eigenvalue weighted by Gasteiger charge is 2.20. The molecule has 1 atom stereocenters. The van der Waals surface area contributed by atoms with E-state index < -0.39 is 0 Å². The topological polar surface area (TPSA) is 55.9 Å². The highest BCUT2D eigenvalue weighted by Crippen LogP contribution is 2.26. The fraction of sp³-hybridized carbons (Fsp3) is 0.308. The third-order valence-corrected chi connectivity index (χ3v) is 3.34. The van der Waals surface area contributed by atoms with Gasteiger partial charge < -0.3 is 0 Å². The molecule has 0 spiro atoms. The van der Waals surface area contributed by atoms with Gasteiger partial charge in [0, 0.05) is 6.54 Å². The number of hydrogen-bond donors (Lipinski definition) is 2. The summed E-state index contributed by atoms with van der Waals surface area (Å²) in [5, 5.41) is 4.69. The van der Waals surface area contributed by atoms with E-state index in [4.69, 9.17) is 17.4 Å². The van der Waals surface area contributed by atoms with Crippen LogP contribution in [0.4, 0.5) is 4.39 Å². The maximum absolute atomic E-state index is 13.7. The summed E-state index contributed by atoms with van der Waals surface area (Å²) in [6, 6.07) is 6.34. The molecular weight excluding hydrogens is 267 g/mol. The molecular formula is C13H16ClFN4. The molecule has 102 valence electrons. The zero-order chi connectivity index (χ0) is 13.8. The van der Waals surface area contributed by atoms with E-state index in [0.717, 1.165) is 5.69 Å². The Morgan fingerprint density at radius 1 is 1.47 bits per heavy atom. The van der Waals surface area contributed by atoms with E-state index in [1.807, 2.05) is 6.92 Å². The van der Waals surface area contributed by atoms with Gasteiger partial charge in [0.05, 0.1) is 23.0 Å². The average molecular weight is 283 g/mol. The molecule has 1 aromatic heterocycles. The van der Waals surface area contributed by atoms with Crippen LogP contribution in [-0.4, -0.2) is 9.78 Å². The van der Waals surface area contributed by atoms with Crippen LogP contribution in [0.1, 0.15) is 24.2 Å². The number of nitrogens with two attached hydrogens (primary N) is 1. The normalized spacial score (nSPS) is 12.6. The Balaban J connectivity index is 2.30. The van der Waals surface area contributed by atoms with Crippen molar-refractivity contribution >= 4 is 11.6 Å². The summed E-state index contributed by atoms with van der Waals surface area (Å²) in [4.78, 5) is 0. The predicted molar refractivity (Wildman–Crippen MR) is 73.1 cm³/mol. The van der Waals surface area contributed by atoms with Gasteiger partial charge in [-0.15, -0.1) is 0 Å². The minimum atomic E-state index is -0.285. The van der Waals surface area contributed by atoms with Gasteiger partial charge in [0.1, 0.15) is 5.82 Å². The van der Waals surface area contributed by atoms with Gasteiger partial charge in [-0.1, -0.05) is 29.8 Å². The van der Waals surface area contributed by atoms with E-state index in [-0.39, 0.29) is 11.9 Å². The minimum Gasteiger partial charge on any atom is -0.271 e. The standard InChI is InChI=1S/C13H16ClFN4/c1-2-19-13(10(14)8-17-19)12(18-16)7-9-5-3-4-6-11(9)15/h3-6,8,12,18H,2,7,16H2,1H3. The van der Waals surface area contributed by atoms with Crippen LogP contribution in [-0.2, 0) is 13.0 Å². The SMILES string of the molecule is CCn1ncc(Cl)c1C(Cc1ccccc1F)NN. The van der Waals surface area contributed by atoms with E-state index in [1.54, 1.807) is 29.1 Å². The van der Waals surface area contributed by atoms with Crippen molar-refractivity contribution in [3.05, 3.63) is 52.6 Å². The Morgan fingerprint density at radius 3 is 2.84 bits per heavy atom. The maximum atomic E-state index is 13.7. The van der Waals surface area contributed by atoms with Crippen molar-refractivity contribution in [2.75, 3.05) is 0 Å². The number of rotatable bonds is 5. The van der Waals surface area contributed by atoms with Gasteiger partial charge >= 0.3 is 0 Å². The molecule has 1 aromatic carbocycles. The molecule has 1 unspecified atom stereocenters. The Labute approximate surface area is 116 Å². The van der Waals surface area contributed by atoms with Crippen molar-refractivity contribution in [3.8, 4) is 0 Å². The van der Waals surface area contributed by atoms with E-state index >= 15 is 0 Å². The van der Waals surface area contributed by atoms with Crippen molar-refractivity contribution < 1.29 is 4.39 Å². The van der Waals surface area contributed by atoms with Crippen LogP contribution in [0.3, 0.4) is 0 Å². The van der Waals surface area contributed by atoms with Crippen LogP contribution in [0.15, 0.2) is 30.5 Å². The molecule has 0 fully saturated rings. The summed E-state index contributed by atoms with van der Waals surface area (Å²) in [7, 11) is 0. The molecule has 0 saturated heterocycles. The molecule has 0 bridgehead atoms. The van der Waals surface area contributed by atoms with Gasteiger partial charge in [-0.05, 0) is 25.0 Å². The molecule has 0 aliphatic heterocycles. The van der Waals surface area contributed by atoms with Crippen molar-refractivity contribution in [2.24, 2.45) is 5.84 Å². The molecule has 19 heavy (non-hydrogen) atoms. The summed E-state index contributed by atoms with van der Waals surface area (Å²) in [6.45, 7) is 2.64. The lowest BCUT2D eigenvalue weighted by molar-refractivity contribution is 0.481. The first-order valence-corrected chi connectivity index (χ1v) is 6.45. The summed E-state index contributed by atoms with van der Waals surface area (Å²) in [5.74, 6) is 5.33. The molecule has 1 heterocycles. The smallest absolute Gasteiger partial charge is 0.126 e. The lowest BCUT2D eigenvalue weighted by atomic mass is 10.0. The van der Waals surface area contributed by atoms with Crippen molar-refractivity contribution in [2.45, 2.75) is 25.9 Å². The zero-order valence-electron chi connectivity index (χ0n) is 10.6. The number of benzene rings is 1. The first-order chi connectivity index (χ1) is 9.17. The number of halogens is 2. The van der Waals surface area contributed by atoms with Crippen LogP contribution >= 0.6 is 11.6 Å². The van der Waals surface area contributed by atoms with Gasteiger partial charge in [0.25, 0.3) is 0 Å². The fourth-order valence-electron chi connectivity index (χ4n) is 2.09. The van der Waals surface area contributed by atoms with Crippen molar-refractivity contribution in [1.82, 2.24) is 15.2 Å². The number of aryl methyl sites for hydroxylation is 1. The van der Waals surface area contributed by atoms with Gasteiger partial charge in [-0.2, -0.15) is 5.10 Å². The highest BCUT2D eigenvalue weighted by molar-refractivity contribution is 6.31. The number of nitrogens with one attached hydrogen (secondary N) is 1. The summed E-state index contributed by atoms with van der Waals surface area (Å²) in [5.41, 5.74) is 4.05. The molecule has 0 saturated carbocycles. The van der Waals surface area contributed by atoms with Gasteiger partial charge in [0.2, 0.25) is 0 Å². The van der Waals surface area contributed by atoms with Crippen LogP contribution in [0.5, 0.6) is 0 Å². The number of hydrogen-bond acceptors (Lipinski definition) is 3. The largest absolute Gasteiger partial charge is 0.271 e. The first kappa shape index (κ1) is 14.0. The molecule has 0 radical (unpaired) electrons. The Bertz CT molecular complexity index is 555. The Morgan fingerprint density at radius 2 is 2.21 bits per heavy atom. The third kappa shape index (κ3) is 2.94. The van der Waals surface area contributed by atoms with E-state index in [1.165, 1.54) is 6.07 Å². The van der Waals surface area contributed by atoms with Crippen LogP contribution in [0.25, 0.3) is 0 Å². The molecule has 4 nitrogen and oxygen atoms in total. The number of aromatic nitrogens is 2. The number of hydrazine groups is 1. The first-order valence-electron chi connectivity index (χ1n) is 6.08. The molecule has 0 amide bonds. The Kier molecular flexibility index (Phi) is 4.52. The molecule has 3 N–H and O–H groups in total. The highest BCUT2D eigenvalue weighted by atomic mass is 35.5. The second-order valence-corrected chi connectivity index (χ2v) is 4.62. The molecule has 6 heteroatoms. The Hall–Kier alpha value is -1.43. The van der Waals surface area contributed by atoms with Crippen molar-refractivity contribution in [3.63, 3.8) is 0 Å². The summed E-state index contributed by atoms with van der Waals surface area (Å²) >= 11 is 6.13. The second kappa shape index (κ2) is 6.14. The molecule has 2 aromatic rings. The fourth-order valence-corrected chi connectivity index (χ4v) is 2.36. The van der Waals surface area contributed by atoms with Crippen LogP contribution in [0, 0.1) is 5.82 Å². The summed E-state index contributed by atoms with van der Waals surface area (Å²) in [6.07, 6.45) is 1.99. The van der Waals surface area contributed by atoms with Gasteiger partial charge in [-0.25, -0.2) is 4.39 Å². The lowest BCUT2D eigenvalue weighted by Crippen LogP contribution is -2.31. The van der Waals surface area contributed by atoms with Crippen LogP contribution < -0.4 is 11.3 Å².